The second-order valence-electron chi connectivity index (χ2n) is 8.73. The summed E-state index contributed by atoms with van der Waals surface area (Å²) in [6.07, 6.45) is 4.26. The molecule has 3 heterocycles. The summed E-state index contributed by atoms with van der Waals surface area (Å²) in [4.78, 5) is 41.3. The summed E-state index contributed by atoms with van der Waals surface area (Å²) >= 11 is 0. The molecule has 0 saturated heterocycles. The van der Waals surface area contributed by atoms with Crippen molar-refractivity contribution in [2.45, 2.75) is 46.0 Å². The van der Waals surface area contributed by atoms with Crippen LogP contribution in [0.1, 0.15) is 65.4 Å². The quantitative estimate of drug-likeness (QED) is 0.489. The number of benzene rings is 1. The highest BCUT2D eigenvalue weighted by atomic mass is 19.1. The zero-order valence-electron chi connectivity index (χ0n) is 20.7. The number of rotatable bonds is 7. The number of allylic oxidation sites excluding steroid dienone is 2. The highest BCUT2D eigenvalue weighted by molar-refractivity contribution is 6.01. The van der Waals surface area contributed by atoms with E-state index < -0.39 is 52.5 Å². The van der Waals surface area contributed by atoms with Crippen molar-refractivity contribution in [1.82, 2.24) is 14.9 Å². The summed E-state index contributed by atoms with van der Waals surface area (Å²) in [6, 6.07) is 2.85. The summed E-state index contributed by atoms with van der Waals surface area (Å²) < 4.78 is 28.5. The molecule has 2 unspecified atom stereocenters. The van der Waals surface area contributed by atoms with E-state index >= 15 is 0 Å². The van der Waals surface area contributed by atoms with Gasteiger partial charge in [-0.2, -0.15) is 0 Å². The van der Waals surface area contributed by atoms with E-state index in [-0.39, 0.29) is 36.6 Å². The molecule has 11 heteroatoms. The number of aliphatic hydroxyl groups is 1. The van der Waals surface area contributed by atoms with Crippen LogP contribution in [0.3, 0.4) is 0 Å². The van der Waals surface area contributed by atoms with E-state index in [2.05, 4.69) is 5.32 Å². The predicted octanol–water partition coefficient (Wildman–Crippen LogP) is 2.46. The molecular formula is C26H28F2N4O5. The SMILES string of the molecule is C/C=C\C(=C/CC)C1N(CC)C(=O)c2c(O)c(=O)c(C(=O)NCc3ccc(F)cc3F)c3n2N1CC3O. The Morgan fingerprint density at radius 1 is 1.24 bits per heavy atom. The standard InChI is InChI=1S/C26H28F2N4O5/c1-4-7-14(8-5-2)25-30(6-3)26(37)21-23(35)22(34)19(20-18(33)13-31(25)32(20)21)24(36)29-12-15-9-10-16(27)11-17(15)28/h4,7-11,18,25,33,35H,5-6,12-13H2,1-3H3,(H,29,36)/b7-4-,14-8+. The number of nitrogens with one attached hydrogen (secondary N) is 1. The normalized spacial score (nSPS) is 19.1. The average Bonchev–Trinajstić information content (AvgIpc) is 3.18. The number of hydrogen-bond donors (Lipinski definition) is 3. The Kier molecular flexibility index (Phi) is 7.17. The van der Waals surface area contributed by atoms with Crippen LogP contribution >= 0.6 is 0 Å². The molecule has 2 aromatic rings. The fraction of sp³-hybridized carbons (Fsp3) is 0.346. The summed E-state index contributed by atoms with van der Waals surface area (Å²) in [7, 11) is 0. The summed E-state index contributed by atoms with van der Waals surface area (Å²) in [5.74, 6) is -4.18. The van der Waals surface area contributed by atoms with Crippen molar-refractivity contribution in [1.29, 1.82) is 0 Å². The van der Waals surface area contributed by atoms with E-state index in [1.165, 1.54) is 9.58 Å². The molecule has 37 heavy (non-hydrogen) atoms. The number of carbonyl (C=O) groups is 2. The summed E-state index contributed by atoms with van der Waals surface area (Å²) in [6.45, 7) is 5.36. The molecule has 3 N–H and O–H groups in total. The van der Waals surface area contributed by atoms with Crippen molar-refractivity contribution in [2.75, 3.05) is 18.1 Å². The first-order chi connectivity index (χ1) is 17.7. The van der Waals surface area contributed by atoms with Crippen molar-refractivity contribution in [3.8, 4) is 5.75 Å². The molecule has 1 aromatic carbocycles. The second kappa shape index (κ2) is 10.2. The lowest BCUT2D eigenvalue weighted by Crippen LogP contribution is -2.60. The van der Waals surface area contributed by atoms with Gasteiger partial charge in [0.1, 0.15) is 29.5 Å². The first kappa shape index (κ1) is 26.1. The molecule has 2 atom stereocenters. The number of aliphatic hydroxyl groups excluding tert-OH is 1. The van der Waals surface area contributed by atoms with Crippen molar-refractivity contribution in [3.63, 3.8) is 0 Å². The molecule has 0 saturated carbocycles. The Morgan fingerprint density at radius 2 is 1.97 bits per heavy atom. The zero-order valence-corrected chi connectivity index (χ0v) is 20.7. The van der Waals surface area contributed by atoms with E-state index in [1.807, 2.05) is 32.1 Å². The third-order valence-corrected chi connectivity index (χ3v) is 6.46. The highest BCUT2D eigenvalue weighted by Crippen LogP contribution is 2.37. The average molecular weight is 515 g/mol. The predicted molar refractivity (Wildman–Crippen MR) is 132 cm³/mol. The molecule has 2 amide bonds. The fourth-order valence-corrected chi connectivity index (χ4v) is 4.90. The van der Waals surface area contributed by atoms with Gasteiger partial charge in [0.05, 0.1) is 12.2 Å². The van der Waals surface area contributed by atoms with Crippen LogP contribution in [0.25, 0.3) is 0 Å². The van der Waals surface area contributed by atoms with Gasteiger partial charge in [-0.3, -0.25) is 19.4 Å². The molecule has 0 bridgehead atoms. The molecule has 2 aliphatic rings. The molecule has 9 nitrogen and oxygen atoms in total. The van der Waals surface area contributed by atoms with Gasteiger partial charge < -0.3 is 20.4 Å². The number of carbonyl (C=O) groups excluding carboxylic acids is 2. The fourth-order valence-electron chi connectivity index (χ4n) is 4.90. The van der Waals surface area contributed by atoms with Gasteiger partial charge in [0.2, 0.25) is 5.43 Å². The van der Waals surface area contributed by atoms with Gasteiger partial charge in [-0.05, 0) is 31.9 Å². The van der Waals surface area contributed by atoms with Crippen LogP contribution in [0.15, 0.2) is 46.8 Å². The van der Waals surface area contributed by atoms with Crippen LogP contribution < -0.4 is 15.8 Å². The number of aromatic hydroxyl groups is 1. The lowest BCUT2D eigenvalue weighted by Gasteiger charge is -2.45. The summed E-state index contributed by atoms with van der Waals surface area (Å²) in [5, 5.41) is 25.9. The lowest BCUT2D eigenvalue weighted by molar-refractivity contribution is 0.0628. The number of likely N-dealkylation sites (N-methyl/N-ethyl adjacent to an activating group) is 1. The topological polar surface area (TPSA) is 115 Å². The van der Waals surface area contributed by atoms with Crippen LogP contribution in [-0.2, 0) is 6.54 Å². The van der Waals surface area contributed by atoms with E-state index in [4.69, 9.17) is 0 Å². The number of pyridine rings is 1. The largest absolute Gasteiger partial charge is 0.502 e. The van der Waals surface area contributed by atoms with Crippen molar-refractivity contribution in [2.24, 2.45) is 0 Å². The maximum atomic E-state index is 14.0. The molecule has 2 aliphatic heterocycles. The minimum Gasteiger partial charge on any atom is -0.502 e. The smallest absolute Gasteiger partial charge is 0.278 e. The lowest BCUT2D eigenvalue weighted by atomic mass is 10.0. The molecular weight excluding hydrogens is 486 g/mol. The van der Waals surface area contributed by atoms with Crippen LogP contribution in [0.2, 0.25) is 0 Å². The molecule has 196 valence electrons. The first-order valence-electron chi connectivity index (χ1n) is 12.0. The maximum Gasteiger partial charge on any atom is 0.278 e. The Morgan fingerprint density at radius 3 is 2.59 bits per heavy atom. The Hall–Kier alpha value is -3.99. The molecule has 0 fully saturated rings. The van der Waals surface area contributed by atoms with Gasteiger partial charge in [-0.25, -0.2) is 13.5 Å². The Bertz CT molecular complexity index is 1380. The van der Waals surface area contributed by atoms with Gasteiger partial charge >= 0.3 is 0 Å². The van der Waals surface area contributed by atoms with Crippen molar-refractivity contribution in [3.05, 3.63) is 86.4 Å². The van der Waals surface area contributed by atoms with Gasteiger partial charge in [0, 0.05) is 24.7 Å². The highest BCUT2D eigenvalue weighted by Gasteiger charge is 2.48. The van der Waals surface area contributed by atoms with Crippen LogP contribution in [-0.4, -0.2) is 50.9 Å². The monoisotopic (exact) mass is 514 g/mol. The number of amides is 2. The van der Waals surface area contributed by atoms with Crippen molar-refractivity contribution < 1.29 is 28.6 Å². The second-order valence-corrected chi connectivity index (χ2v) is 8.73. The summed E-state index contributed by atoms with van der Waals surface area (Å²) in [5.41, 5.74) is -1.42. The van der Waals surface area contributed by atoms with Gasteiger partial charge in [-0.15, -0.1) is 0 Å². The third kappa shape index (κ3) is 4.29. The molecule has 1 aromatic heterocycles. The Balaban J connectivity index is 1.84. The van der Waals surface area contributed by atoms with Crippen LogP contribution in [0, 0.1) is 11.6 Å². The molecule has 0 radical (unpaired) electrons. The molecule has 0 aliphatic carbocycles. The number of nitrogens with zero attached hydrogens (tertiary/aromatic N) is 3. The zero-order chi connectivity index (χ0) is 27.0. The minimum atomic E-state index is -1.34. The van der Waals surface area contributed by atoms with Gasteiger partial charge in [-0.1, -0.05) is 31.2 Å². The third-order valence-electron chi connectivity index (χ3n) is 6.46. The van der Waals surface area contributed by atoms with Gasteiger partial charge in [0.15, 0.2) is 11.4 Å². The van der Waals surface area contributed by atoms with E-state index in [9.17, 15) is 33.4 Å². The van der Waals surface area contributed by atoms with Crippen molar-refractivity contribution >= 4 is 11.8 Å². The number of halogens is 2. The van der Waals surface area contributed by atoms with Crippen LogP contribution in [0.4, 0.5) is 8.78 Å². The van der Waals surface area contributed by atoms with Crippen LogP contribution in [0.5, 0.6) is 5.75 Å². The number of aromatic nitrogens is 1. The number of hydrogen-bond acceptors (Lipinski definition) is 6. The molecule has 0 spiro atoms. The molecule has 4 rings (SSSR count). The first-order valence-corrected chi connectivity index (χ1v) is 12.0. The Labute approximate surface area is 211 Å². The van der Waals surface area contributed by atoms with E-state index in [1.54, 1.807) is 11.9 Å². The maximum absolute atomic E-state index is 14.0. The van der Waals surface area contributed by atoms with E-state index in [0.717, 1.165) is 17.7 Å². The van der Waals surface area contributed by atoms with Gasteiger partial charge in [0.25, 0.3) is 11.8 Å². The van der Waals surface area contributed by atoms with E-state index in [0.29, 0.717) is 12.5 Å². The minimum absolute atomic E-state index is 0.0230.